The lowest BCUT2D eigenvalue weighted by molar-refractivity contribution is 0.0141. The highest BCUT2D eigenvalue weighted by Crippen LogP contribution is 2.36. The standard InChI is InChI=1S/C18H23N5O2/c19-11-14-4-3-5-16(20-14)21-15-10-18(25-12-15)6-9-23(13-18)17(24)22-7-1-2-8-22/h3-5,15H,1-2,6-10,12-13H2,(H,20,21)/t15-,18+/m1/s1. The van der Waals surface area contributed by atoms with E-state index in [4.69, 9.17) is 10.00 Å². The first-order valence-corrected chi connectivity index (χ1v) is 8.99. The van der Waals surface area contributed by atoms with Crippen LogP contribution in [0, 0.1) is 11.3 Å². The van der Waals surface area contributed by atoms with Crippen molar-refractivity contribution in [3.63, 3.8) is 0 Å². The van der Waals surface area contributed by atoms with Gasteiger partial charge in [-0.05, 0) is 31.4 Å². The molecule has 132 valence electrons. The number of anilines is 1. The fraction of sp³-hybridized carbons (Fsp3) is 0.611. The lowest BCUT2D eigenvalue weighted by Gasteiger charge is -2.26. The van der Waals surface area contributed by atoms with Crippen LogP contribution in [0.15, 0.2) is 18.2 Å². The summed E-state index contributed by atoms with van der Waals surface area (Å²) in [6.07, 6.45) is 3.97. The van der Waals surface area contributed by atoms with E-state index < -0.39 is 0 Å². The number of pyridine rings is 1. The van der Waals surface area contributed by atoms with Gasteiger partial charge in [-0.15, -0.1) is 0 Å². The maximum Gasteiger partial charge on any atom is 0.320 e. The molecule has 7 heteroatoms. The molecular formula is C18H23N5O2. The smallest absolute Gasteiger partial charge is 0.320 e. The molecular weight excluding hydrogens is 318 g/mol. The second-order valence-electron chi connectivity index (χ2n) is 7.21. The van der Waals surface area contributed by atoms with Crippen molar-refractivity contribution >= 4 is 11.8 Å². The van der Waals surface area contributed by atoms with Crippen molar-refractivity contribution in [3.05, 3.63) is 23.9 Å². The molecule has 0 bridgehead atoms. The summed E-state index contributed by atoms with van der Waals surface area (Å²) < 4.78 is 6.12. The first-order valence-electron chi connectivity index (χ1n) is 8.99. The van der Waals surface area contributed by atoms with E-state index in [0.29, 0.717) is 24.7 Å². The minimum atomic E-state index is -0.236. The van der Waals surface area contributed by atoms with E-state index in [1.807, 2.05) is 21.9 Å². The Morgan fingerprint density at radius 3 is 2.96 bits per heavy atom. The molecule has 2 atom stereocenters. The molecule has 3 saturated heterocycles. The normalized spacial score (nSPS) is 28.5. The van der Waals surface area contributed by atoms with Crippen LogP contribution in [0.4, 0.5) is 10.6 Å². The highest BCUT2D eigenvalue weighted by Gasteiger charge is 2.47. The number of aromatic nitrogens is 1. The minimum absolute atomic E-state index is 0.156. The Morgan fingerprint density at radius 1 is 1.32 bits per heavy atom. The quantitative estimate of drug-likeness (QED) is 0.887. The highest BCUT2D eigenvalue weighted by molar-refractivity contribution is 5.75. The van der Waals surface area contributed by atoms with Crippen LogP contribution >= 0.6 is 0 Å². The van der Waals surface area contributed by atoms with Gasteiger partial charge in [-0.2, -0.15) is 5.26 Å². The van der Waals surface area contributed by atoms with Gasteiger partial charge in [0.2, 0.25) is 0 Å². The Labute approximate surface area is 147 Å². The van der Waals surface area contributed by atoms with Crippen molar-refractivity contribution in [2.75, 3.05) is 38.1 Å². The van der Waals surface area contributed by atoms with Crippen LogP contribution in [-0.2, 0) is 4.74 Å². The Hall–Kier alpha value is -2.33. The van der Waals surface area contributed by atoms with Gasteiger partial charge in [-0.3, -0.25) is 0 Å². The van der Waals surface area contributed by atoms with E-state index in [-0.39, 0.29) is 17.7 Å². The number of nitrogens with one attached hydrogen (secondary N) is 1. The number of nitriles is 1. The van der Waals surface area contributed by atoms with E-state index in [1.165, 1.54) is 0 Å². The molecule has 4 heterocycles. The molecule has 7 nitrogen and oxygen atoms in total. The van der Waals surface area contributed by atoms with Crippen LogP contribution in [0.25, 0.3) is 0 Å². The zero-order valence-electron chi connectivity index (χ0n) is 14.3. The monoisotopic (exact) mass is 341 g/mol. The minimum Gasteiger partial charge on any atom is -0.371 e. The van der Waals surface area contributed by atoms with Gasteiger partial charge < -0.3 is 19.9 Å². The fourth-order valence-corrected chi connectivity index (χ4v) is 4.12. The van der Waals surface area contributed by atoms with Gasteiger partial charge in [0.05, 0.1) is 24.8 Å². The van der Waals surface area contributed by atoms with Crippen LogP contribution < -0.4 is 5.32 Å². The molecule has 3 aliphatic heterocycles. The molecule has 4 rings (SSSR count). The summed E-state index contributed by atoms with van der Waals surface area (Å²) in [5.41, 5.74) is 0.168. The molecule has 0 aromatic carbocycles. The predicted molar refractivity (Wildman–Crippen MR) is 92.1 cm³/mol. The molecule has 3 aliphatic rings. The maximum absolute atomic E-state index is 12.6. The number of carbonyl (C=O) groups excluding carboxylic acids is 1. The zero-order chi connectivity index (χ0) is 17.3. The Morgan fingerprint density at radius 2 is 2.16 bits per heavy atom. The third kappa shape index (κ3) is 3.27. The summed E-state index contributed by atoms with van der Waals surface area (Å²) in [6.45, 7) is 3.81. The van der Waals surface area contributed by atoms with Crippen molar-refractivity contribution in [1.29, 1.82) is 5.26 Å². The number of carbonyl (C=O) groups is 1. The van der Waals surface area contributed by atoms with Gasteiger partial charge in [0, 0.05) is 26.1 Å². The van der Waals surface area contributed by atoms with Crippen LogP contribution in [0.5, 0.6) is 0 Å². The van der Waals surface area contributed by atoms with Crippen LogP contribution in [0.3, 0.4) is 0 Å². The topological polar surface area (TPSA) is 81.5 Å². The molecule has 1 spiro atoms. The maximum atomic E-state index is 12.6. The number of hydrogen-bond acceptors (Lipinski definition) is 5. The van der Waals surface area contributed by atoms with Gasteiger partial charge >= 0.3 is 6.03 Å². The Bertz CT molecular complexity index is 697. The molecule has 1 N–H and O–H groups in total. The number of ether oxygens (including phenoxy) is 1. The number of nitrogens with zero attached hydrogens (tertiary/aromatic N) is 4. The third-order valence-electron chi connectivity index (χ3n) is 5.39. The fourth-order valence-electron chi connectivity index (χ4n) is 4.12. The van der Waals surface area contributed by atoms with Crippen LogP contribution in [0.2, 0.25) is 0 Å². The number of urea groups is 1. The lowest BCUT2D eigenvalue weighted by Crippen LogP contribution is -2.43. The Kier molecular flexibility index (Phi) is 4.22. The molecule has 3 fully saturated rings. The summed E-state index contributed by atoms with van der Waals surface area (Å²) in [5, 5.41) is 12.3. The second-order valence-corrected chi connectivity index (χ2v) is 7.21. The summed E-state index contributed by atoms with van der Waals surface area (Å²) in [5.74, 6) is 0.702. The van der Waals surface area contributed by atoms with E-state index >= 15 is 0 Å². The predicted octanol–water partition coefficient (Wildman–Crippen LogP) is 1.81. The molecule has 1 aromatic rings. The van der Waals surface area contributed by atoms with Gasteiger partial charge in [0.25, 0.3) is 0 Å². The first kappa shape index (κ1) is 16.2. The van der Waals surface area contributed by atoms with Gasteiger partial charge in [-0.1, -0.05) is 6.07 Å². The average molecular weight is 341 g/mol. The largest absolute Gasteiger partial charge is 0.371 e. The number of hydrogen-bond donors (Lipinski definition) is 1. The van der Waals surface area contributed by atoms with E-state index in [1.54, 1.807) is 6.07 Å². The molecule has 0 aliphatic carbocycles. The first-order chi connectivity index (χ1) is 12.2. The van der Waals surface area contributed by atoms with Crippen LogP contribution in [-0.4, -0.2) is 65.2 Å². The van der Waals surface area contributed by atoms with E-state index in [0.717, 1.165) is 45.3 Å². The molecule has 25 heavy (non-hydrogen) atoms. The van der Waals surface area contributed by atoms with Crippen molar-refractivity contribution in [2.45, 2.75) is 37.3 Å². The molecule has 1 aromatic heterocycles. The van der Waals surface area contributed by atoms with Gasteiger partial charge in [0.15, 0.2) is 0 Å². The molecule has 0 radical (unpaired) electrons. The number of rotatable bonds is 2. The van der Waals surface area contributed by atoms with Crippen molar-refractivity contribution in [1.82, 2.24) is 14.8 Å². The summed E-state index contributed by atoms with van der Waals surface area (Å²) >= 11 is 0. The van der Waals surface area contributed by atoms with Gasteiger partial charge in [0.1, 0.15) is 17.6 Å². The SMILES string of the molecule is N#Cc1cccc(N[C@H]2CO[C@@]3(CCN(C(=O)N4CCCC4)C3)C2)n1. The average Bonchev–Trinajstić information content (AvgIpc) is 3.37. The number of amides is 2. The summed E-state index contributed by atoms with van der Waals surface area (Å²) in [4.78, 5) is 20.7. The molecule has 2 amide bonds. The van der Waals surface area contributed by atoms with E-state index in [2.05, 4.69) is 16.4 Å². The number of likely N-dealkylation sites (tertiary alicyclic amines) is 2. The molecule has 0 unspecified atom stereocenters. The van der Waals surface area contributed by atoms with E-state index in [9.17, 15) is 4.79 Å². The summed E-state index contributed by atoms with van der Waals surface area (Å²) in [6, 6.07) is 7.76. The summed E-state index contributed by atoms with van der Waals surface area (Å²) in [7, 11) is 0. The Balaban J connectivity index is 1.35. The third-order valence-corrected chi connectivity index (χ3v) is 5.39. The van der Waals surface area contributed by atoms with Crippen LogP contribution in [0.1, 0.15) is 31.4 Å². The van der Waals surface area contributed by atoms with Crippen molar-refractivity contribution in [2.24, 2.45) is 0 Å². The second kappa shape index (κ2) is 6.52. The van der Waals surface area contributed by atoms with Gasteiger partial charge in [-0.25, -0.2) is 9.78 Å². The zero-order valence-corrected chi connectivity index (χ0v) is 14.3. The highest BCUT2D eigenvalue weighted by atomic mass is 16.5. The lowest BCUT2D eigenvalue weighted by atomic mass is 9.97. The van der Waals surface area contributed by atoms with Crippen molar-refractivity contribution < 1.29 is 9.53 Å². The van der Waals surface area contributed by atoms with Crippen molar-refractivity contribution in [3.8, 4) is 6.07 Å². The molecule has 0 saturated carbocycles.